The second-order valence-corrected chi connectivity index (χ2v) is 6.36. The molecule has 2 heterocycles. The van der Waals surface area contributed by atoms with E-state index in [4.69, 9.17) is 0 Å². The molecule has 116 valence electrons. The lowest BCUT2D eigenvalue weighted by Gasteiger charge is -2.05. The van der Waals surface area contributed by atoms with Crippen LogP contribution in [0.15, 0.2) is 18.5 Å². The second-order valence-electron chi connectivity index (χ2n) is 4.72. The van der Waals surface area contributed by atoms with E-state index < -0.39 is 10.1 Å². The fraction of sp³-hybridized carbons (Fsp3) is 0.583. The van der Waals surface area contributed by atoms with E-state index in [1.54, 1.807) is 10.8 Å². The SMILES string of the molecule is CS(=O)(=O)OCCCCCCNc1ccc2nncn2n1. The van der Waals surface area contributed by atoms with Crippen molar-refractivity contribution in [3.8, 4) is 0 Å². The number of rotatable bonds is 9. The van der Waals surface area contributed by atoms with Crippen molar-refractivity contribution < 1.29 is 12.6 Å². The molecule has 0 fully saturated rings. The van der Waals surface area contributed by atoms with Crippen molar-refractivity contribution in [2.45, 2.75) is 25.7 Å². The van der Waals surface area contributed by atoms with Crippen molar-refractivity contribution in [1.29, 1.82) is 0 Å². The molecular formula is C12H19N5O3S. The third kappa shape index (κ3) is 5.64. The molecule has 9 heteroatoms. The van der Waals surface area contributed by atoms with Gasteiger partial charge in [-0.1, -0.05) is 12.8 Å². The largest absolute Gasteiger partial charge is 0.369 e. The van der Waals surface area contributed by atoms with Gasteiger partial charge < -0.3 is 5.32 Å². The molecule has 2 aromatic rings. The topological polar surface area (TPSA) is 98.5 Å². The molecule has 0 unspecified atom stereocenters. The molecule has 0 saturated heterocycles. The second kappa shape index (κ2) is 7.32. The van der Waals surface area contributed by atoms with Crippen LogP contribution in [0.5, 0.6) is 0 Å². The summed E-state index contributed by atoms with van der Waals surface area (Å²) in [5.74, 6) is 0.780. The Morgan fingerprint density at radius 1 is 1.24 bits per heavy atom. The Hall–Kier alpha value is -1.74. The van der Waals surface area contributed by atoms with Crippen LogP contribution >= 0.6 is 0 Å². The average molecular weight is 313 g/mol. The Morgan fingerprint density at radius 2 is 2.05 bits per heavy atom. The van der Waals surface area contributed by atoms with E-state index >= 15 is 0 Å². The molecule has 0 aliphatic rings. The molecule has 2 rings (SSSR count). The zero-order valence-corrected chi connectivity index (χ0v) is 12.7. The van der Waals surface area contributed by atoms with Gasteiger partial charge in [-0.25, -0.2) is 0 Å². The van der Waals surface area contributed by atoms with Crippen LogP contribution in [-0.2, 0) is 14.3 Å². The van der Waals surface area contributed by atoms with Crippen LogP contribution < -0.4 is 5.32 Å². The first-order valence-corrected chi connectivity index (χ1v) is 8.61. The van der Waals surface area contributed by atoms with E-state index in [0.717, 1.165) is 44.3 Å². The first-order chi connectivity index (χ1) is 10.0. The quantitative estimate of drug-likeness (QED) is 0.546. The fourth-order valence-corrected chi connectivity index (χ4v) is 2.25. The molecule has 0 radical (unpaired) electrons. The molecule has 8 nitrogen and oxygen atoms in total. The smallest absolute Gasteiger partial charge is 0.264 e. The Bertz CT molecular complexity index is 670. The van der Waals surface area contributed by atoms with Crippen LogP contribution in [0.3, 0.4) is 0 Å². The summed E-state index contributed by atoms with van der Waals surface area (Å²) in [5.41, 5.74) is 0.714. The zero-order chi connectivity index (χ0) is 15.1. The number of unbranched alkanes of at least 4 members (excludes halogenated alkanes) is 3. The van der Waals surface area contributed by atoms with Gasteiger partial charge in [0.2, 0.25) is 0 Å². The third-order valence-electron chi connectivity index (χ3n) is 2.84. The Morgan fingerprint density at radius 3 is 2.86 bits per heavy atom. The maximum Gasteiger partial charge on any atom is 0.264 e. The van der Waals surface area contributed by atoms with Gasteiger partial charge in [0.15, 0.2) is 5.65 Å². The van der Waals surface area contributed by atoms with Gasteiger partial charge >= 0.3 is 0 Å². The number of nitrogens with zero attached hydrogens (tertiary/aromatic N) is 4. The summed E-state index contributed by atoms with van der Waals surface area (Å²) in [4.78, 5) is 0. The van der Waals surface area contributed by atoms with Crippen LogP contribution in [0.4, 0.5) is 5.82 Å². The van der Waals surface area contributed by atoms with Gasteiger partial charge in [0, 0.05) is 6.54 Å². The Balaban J connectivity index is 1.57. The van der Waals surface area contributed by atoms with Crippen molar-refractivity contribution in [2.24, 2.45) is 0 Å². The van der Waals surface area contributed by atoms with Crippen molar-refractivity contribution in [3.05, 3.63) is 18.5 Å². The summed E-state index contributed by atoms with van der Waals surface area (Å²) in [6.07, 6.45) is 6.31. The number of nitrogens with one attached hydrogen (secondary N) is 1. The highest BCUT2D eigenvalue weighted by Gasteiger charge is 2.01. The maximum atomic E-state index is 10.7. The lowest BCUT2D eigenvalue weighted by molar-refractivity contribution is 0.310. The molecule has 0 bridgehead atoms. The number of aromatic nitrogens is 4. The first-order valence-electron chi connectivity index (χ1n) is 6.80. The summed E-state index contributed by atoms with van der Waals surface area (Å²) in [6, 6.07) is 3.72. The summed E-state index contributed by atoms with van der Waals surface area (Å²) >= 11 is 0. The Labute approximate surface area is 123 Å². The minimum Gasteiger partial charge on any atom is -0.369 e. The van der Waals surface area contributed by atoms with Crippen LogP contribution in [0.1, 0.15) is 25.7 Å². The number of hydrogen-bond acceptors (Lipinski definition) is 7. The summed E-state index contributed by atoms with van der Waals surface area (Å²) in [5, 5.41) is 15.2. The summed E-state index contributed by atoms with van der Waals surface area (Å²) < 4.78 is 27.8. The number of fused-ring (bicyclic) bond motifs is 1. The first kappa shape index (κ1) is 15.6. The van der Waals surface area contributed by atoms with Gasteiger partial charge in [0.1, 0.15) is 12.1 Å². The van der Waals surface area contributed by atoms with Crippen LogP contribution in [0.2, 0.25) is 0 Å². The molecule has 0 aliphatic carbocycles. The standard InChI is InChI=1S/C12H19N5O3S/c1-21(18,19)20-9-5-3-2-4-8-13-11-6-7-12-15-14-10-17(12)16-11/h6-7,10H,2-5,8-9H2,1H3,(H,13,16). The third-order valence-corrected chi connectivity index (χ3v) is 3.43. The van der Waals surface area contributed by atoms with Crippen molar-refractivity contribution in [1.82, 2.24) is 19.8 Å². The highest BCUT2D eigenvalue weighted by Crippen LogP contribution is 2.06. The van der Waals surface area contributed by atoms with Gasteiger partial charge in [-0.3, -0.25) is 4.18 Å². The van der Waals surface area contributed by atoms with Crippen LogP contribution in [0.25, 0.3) is 5.65 Å². The Kier molecular flexibility index (Phi) is 5.45. The number of hydrogen-bond donors (Lipinski definition) is 1. The van der Waals surface area contributed by atoms with Gasteiger partial charge in [-0.15, -0.1) is 15.3 Å². The average Bonchev–Trinajstić information content (AvgIpc) is 2.88. The van der Waals surface area contributed by atoms with Gasteiger partial charge in [0.25, 0.3) is 10.1 Å². The lowest BCUT2D eigenvalue weighted by Crippen LogP contribution is -2.06. The molecular weight excluding hydrogens is 294 g/mol. The molecule has 0 aliphatic heterocycles. The monoisotopic (exact) mass is 313 g/mol. The van der Waals surface area contributed by atoms with Crippen LogP contribution in [-0.4, -0.2) is 47.6 Å². The molecule has 0 atom stereocenters. The molecule has 0 amide bonds. The molecule has 2 aromatic heterocycles. The van der Waals surface area contributed by atoms with E-state index in [-0.39, 0.29) is 6.61 Å². The zero-order valence-electron chi connectivity index (χ0n) is 11.9. The molecule has 0 spiro atoms. The van der Waals surface area contributed by atoms with Crippen molar-refractivity contribution >= 4 is 21.6 Å². The maximum absolute atomic E-state index is 10.7. The summed E-state index contributed by atoms with van der Waals surface area (Å²) in [7, 11) is -3.30. The summed E-state index contributed by atoms with van der Waals surface area (Å²) in [6.45, 7) is 1.08. The predicted molar refractivity (Wildman–Crippen MR) is 78.5 cm³/mol. The number of anilines is 1. The minimum atomic E-state index is -3.30. The van der Waals surface area contributed by atoms with Crippen LogP contribution in [0, 0.1) is 0 Å². The molecule has 0 aromatic carbocycles. The van der Waals surface area contributed by atoms with Crippen molar-refractivity contribution in [2.75, 3.05) is 24.7 Å². The highest BCUT2D eigenvalue weighted by molar-refractivity contribution is 7.85. The minimum absolute atomic E-state index is 0.262. The molecule has 21 heavy (non-hydrogen) atoms. The van der Waals surface area contributed by atoms with E-state index in [1.165, 1.54) is 0 Å². The van der Waals surface area contributed by atoms with E-state index in [2.05, 4.69) is 24.8 Å². The van der Waals surface area contributed by atoms with Gasteiger partial charge in [0.05, 0.1) is 12.9 Å². The predicted octanol–water partition coefficient (Wildman–Crippen LogP) is 1.07. The van der Waals surface area contributed by atoms with E-state index in [0.29, 0.717) is 5.65 Å². The van der Waals surface area contributed by atoms with E-state index in [1.807, 2.05) is 12.1 Å². The highest BCUT2D eigenvalue weighted by atomic mass is 32.2. The normalized spacial score (nSPS) is 11.9. The van der Waals surface area contributed by atoms with Gasteiger partial charge in [-0.2, -0.15) is 12.9 Å². The molecule has 1 N–H and O–H groups in total. The van der Waals surface area contributed by atoms with Gasteiger partial charge in [-0.05, 0) is 25.0 Å². The fourth-order valence-electron chi connectivity index (χ4n) is 1.83. The molecule has 0 saturated carbocycles. The van der Waals surface area contributed by atoms with Crippen molar-refractivity contribution in [3.63, 3.8) is 0 Å². The lowest BCUT2D eigenvalue weighted by atomic mass is 10.2. The van der Waals surface area contributed by atoms with E-state index in [9.17, 15) is 8.42 Å².